The summed E-state index contributed by atoms with van der Waals surface area (Å²) in [7, 11) is 0. The van der Waals surface area contributed by atoms with E-state index in [-0.39, 0.29) is 12.1 Å². The standard InChI is InChI=1S/C15H20O3/c1-3-15(2)13(16)12(18-14(15)17)10-9-11-7-5-4-6-8-11/h4-8,12-13,16H,3,9-10H2,1-2H3/t12-,13+,15+/m0/s1. The first-order valence-corrected chi connectivity index (χ1v) is 6.51. The van der Waals surface area contributed by atoms with Crippen molar-refractivity contribution in [3.05, 3.63) is 35.9 Å². The second-order valence-electron chi connectivity index (χ2n) is 5.18. The van der Waals surface area contributed by atoms with Gasteiger partial charge in [-0.15, -0.1) is 0 Å². The van der Waals surface area contributed by atoms with E-state index in [4.69, 9.17) is 4.74 Å². The average Bonchev–Trinajstić information content (AvgIpc) is 2.62. The quantitative estimate of drug-likeness (QED) is 0.832. The van der Waals surface area contributed by atoms with Gasteiger partial charge in [0.1, 0.15) is 12.2 Å². The number of aliphatic hydroxyl groups excluding tert-OH is 1. The van der Waals surface area contributed by atoms with E-state index in [2.05, 4.69) is 0 Å². The molecule has 3 atom stereocenters. The fourth-order valence-corrected chi connectivity index (χ4v) is 2.39. The van der Waals surface area contributed by atoms with Crippen molar-refractivity contribution in [2.45, 2.75) is 45.3 Å². The van der Waals surface area contributed by atoms with Crippen molar-refractivity contribution in [1.29, 1.82) is 0 Å². The zero-order valence-corrected chi connectivity index (χ0v) is 10.9. The normalized spacial score (nSPS) is 31.4. The number of carbonyl (C=O) groups is 1. The lowest BCUT2D eigenvalue weighted by atomic mass is 9.81. The number of hydrogen-bond acceptors (Lipinski definition) is 3. The van der Waals surface area contributed by atoms with Crippen molar-refractivity contribution in [1.82, 2.24) is 0 Å². The van der Waals surface area contributed by atoms with Crippen LogP contribution in [-0.2, 0) is 16.0 Å². The summed E-state index contributed by atoms with van der Waals surface area (Å²) in [6, 6.07) is 10.0. The number of ether oxygens (including phenoxy) is 1. The van der Waals surface area contributed by atoms with Crippen molar-refractivity contribution in [3.8, 4) is 0 Å². The topological polar surface area (TPSA) is 46.5 Å². The highest BCUT2D eigenvalue weighted by atomic mass is 16.6. The molecule has 1 aromatic rings. The molecule has 0 radical (unpaired) electrons. The molecule has 1 N–H and O–H groups in total. The minimum atomic E-state index is -0.735. The van der Waals surface area contributed by atoms with E-state index in [9.17, 15) is 9.90 Å². The number of aryl methyl sites for hydroxylation is 1. The van der Waals surface area contributed by atoms with Gasteiger partial charge in [-0.3, -0.25) is 4.79 Å². The first kappa shape index (κ1) is 13.1. The van der Waals surface area contributed by atoms with Gasteiger partial charge in [-0.25, -0.2) is 0 Å². The lowest BCUT2D eigenvalue weighted by Gasteiger charge is -2.22. The zero-order chi connectivity index (χ0) is 13.2. The van der Waals surface area contributed by atoms with E-state index in [1.165, 1.54) is 5.56 Å². The van der Waals surface area contributed by atoms with Crippen LogP contribution in [0.1, 0.15) is 32.3 Å². The van der Waals surface area contributed by atoms with Crippen molar-refractivity contribution in [3.63, 3.8) is 0 Å². The van der Waals surface area contributed by atoms with Crippen LogP contribution in [0.2, 0.25) is 0 Å². The largest absolute Gasteiger partial charge is 0.459 e. The van der Waals surface area contributed by atoms with Gasteiger partial charge in [-0.05, 0) is 31.7 Å². The maximum Gasteiger partial charge on any atom is 0.314 e. The van der Waals surface area contributed by atoms with E-state index >= 15 is 0 Å². The molecular weight excluding hydrogens is 228 g/mol. The molecule has 0 amide bonds. The van der Waals surface area contributed by atoms with Gasteiger partial charge >= 0.3 is 5.97 Å². The van der Waals surface area contributed by atoms with E-state index in [0.29, 0.717) is 12.8 Å². The number of hydrogen-bond donors (Lipinski definition) is 1. The molecule has 1 fully saturated rings. The predicted octanol–water partition coefficient (Wildman–Crippen LogP) is 2.32. The molecule has 98 valence electrons. The second-order valence-corrected chi connectivity index (χ2v) is 5.18. The van der Waals surface area contributed by atoms with Gasteiger partial charge in [-0.2, -0.15) is 0 Å². The first-order valence-electron chi connectivity index (χ1n) is 6.51. The Morgan fingerprint density at radius 3 is 2.56 bits per heavy atom. The number of carbonyl (C=O) groups excluding carboxylic acids is 1. The van der Waals surface area contributed by atoms with E-state index < -0.39 is 11.5 Å². The molecule has 0 aromatic heterocycles. The lowest BCUT2D eigenvalue weighted by molar-refractivity contribution is -0.148. The minimum absolute atomic E-state index is 0.268. The minimum Gasteiger partial charge on any atom is -0.459 e. The van der Waals surface area contributed by atoms with Crippen molar-refractivity contribution in [2.24, 2.45) is 5.41 Å². The molecule has 0 saturated carbocycles. The third-order valence-corrected chi connectivity index (χ3v) is 4.02. The number of cyclic esters (lactones) is 1. The van der Waals surface area contributed by atoms with Crippen LogP contribution in [0.4, 0.5) is 0 Å². The van der Waals surface area contributed by atoms with Crippen LogP contribution in [0.3, 0.4) is 0 Å². The molecule has 0 unspecified atom stereocenters. The third-order valence-electron chi connectivity index (χ3n) is 4.02. The SMILES string of the molecule is CC[C@@]1(C)C(=O)O[C@@H](CCc2ccccc2)[C@H]1O. The summed E-state index contributed by atoms with van der Waals surface area (Å²) in [5.74, 6) is -0.268. The maximum absolute atomic E-state index is 11.8. The molecule has 0 bridgehead atoms. The number of benzene rings is 1. The Bertz CT molecular complexity index is 415. The summed E-state index contributed by atoms with van der Waals surface area (Å²) in [4.78, 5) is 11.8. The molecule has 3 nitrogen and oxygen atoms in total. The number of rotatable bonds is 4. The van der Waals surface area contributed by atoms with Crippen LogP contribution < -0.4 is 0 Å². The first-order chi connectivity index (χ1) is 8.58. The number of esters is 1. The summed E-state index contributed by atoms with van der Waals surface area (Å²) in [5, 5.41) is 10.2. The molecule has 0 aliphatic carbocycles. The molecule has 1 aliphatic heterocycles. The summed E-state index contributed by atoms with van der Waals surface area (Å²) >= 11 is 0. The summed E-state index contributed by atoms with van der Waals surface area (Å²) < 4.78 is 5.31. The molecule has 1 saturated heterocycles. The highest BCUT2D eigenvalue weighted by Gasteiger charge is 2.51. The lowest BCUT2D eigenvalue weighted by Crippen LogP contribution is -2.36. The predicted molar refractivity (Wildman–Crippen MR) is 69.0 cm³/mol. The highest BCUT2D eigenvalue weighted by Crippen LogP contribution is 2.38. The van der Waals surface area contributed by atoms with Crippen LogP contribution >= 0.6 is 0 Å². The van der Waals surface area contributed by atoms with Crippen LogP contribution in [0.25, 0.3) is 0 Å². The van der Waals surface area contributed by atoms with Gasteiger partial charge in [0.2, 0.25) is 0 Å². The van der Waals surface area contributed by atoms with Crippen molar-refractivity contribution < 1.29 is 14.6 Å². The Balaban J connectivity index is 1.98. The Kier molecular flexibility index (Phi) is 3.71. The Morgan fingerprint density at radius 1 is 1.33 bits per heavy atom. The second kappa shape index (κ2) is 5.11. The molecule has 2 rings (SSSR count). The third kappa shape index (κ3) is 2.27. The van der Waals surface area contributed by atoms with Gasteiger partial charge in [0.25, 0.3) is 0 Å². The highest BCUT2D eigenvalue weighted by molar-refractivity contribution is 5.79. The number of aliphatic hydroxyl groups is 1. The molecule has 1 aliphatic rings. The van der Waals surface area contributed by atoms with E-state index in [0.717, 1.165) is 6.42 Å². The van der Waals surface area contributed by atoms with Crippen molar-refractivity contribution in [2.75, 3.05) is 0 Å². The Morgan fingerprint density at radius 2 is 2.00 bits per heavy atom. The Labute approximate surface area is 108 Å². The average molecular weight is 248 g/mol. The summed E-state index contributed by atoms with van der Waals surface area (Å²) in [6.07, 6.45) is 1.03. The monoisotopic (exact) mass is 248 g/mol. The van der Waals surface area contributed by atoms with E-state index in [1.54, 1.807) is 6.92 Å². The van der Waals surface area contributed by atoms with Crippen LogP contribution in [-0.4, -0.2) is 23.3 Å². The van der Waals surface area contributed by atoms with Gasteiger partial charge in [0.05, 0.1) is 5.41 Å². The van der Waals surface area contributed by atoms with Crippen LogP contribution in [0, 0.1) is 5.41 Å². The van der Waals surface area contributed by atoms with Crippen LogP contribution in [0.15, 0.2) is 30.3 Å². The van der Waals surface area contributed by atoms with Crippen molar-refractivity contribution >= 4 is 5.97 Å². The zero-order valence-electron chi connectivity index (χ0n) is 10.9. The molecule has 1 heterocycles. The van der Waals surface area contributed by atoms with Crippen LogP contribution in [0.5, 0.6) is 0 Å². The molecule has 3 heteroatoms. The van der Waals surface area contributed by atoms with Gasteiger partial charge in [0.15, 0.2) is 0 Å². The summed E-state index contributed by atoms with van der Waals surface area (Å²) in [5.41, 5.74) is 0.465. The smallest absolute Gasteiger partial charge is 0.314 e. The molecule has 0 spiro atoms. The van der Waals surface area contributed by atoms with E-state index in [1.807, 2.05) is 37.3 Å². The summed E-state index contributed by atoms with van der Waals surface area (Å²) in [6.45, 7) is 3.69. The van der Waals surface area contributed by atoms with Gasteiger partial charge in [0, 0.05) is 0 Å². The Hall–Kier alpha value is -1.35. The molecule has 1 aromatic carbocycles. The maximum atomic E-state index is 11.8. The van der Waals surface area contributed by atoms with Gasteiger partial charge in [-0.1, -0.05) is 37.3 Å². The fourth-order valence-electron chi connectivity index (χ4n) is 2.39. The molecular formula is C15H20O3. The molecule has 18 heavy (non-hydrogen) atoms. The van der Waals surface area contributed by atoms with Gasteiger partial charge < -0.3 is 9.84 Å². The fraction of sp³-hybridized carbons (Fsp3) is 0.533.